The molecule has 7 heteroatoms. The van der Waals surface area contributed by atoms with Gasteiger partial charge in [-0.3, -0.25) is 4.79 Å². The molecule has 0 saturated carbocycles. The van der Waals surface area contributed by atoms with Gasteiger partial charge in [-0.15, -0.1) is 0 Å². The van der Waals surface area contributed by atoms with E-state index in [4.69, 9.17) is 4.74 Å². The monoisotopic (exact) mass is 478 g/mol. The second kappa shape index (κ2) is 10.8. The fourth-order valence-electron chi connectivity index (χ4n) is 4.31. The van der Waals surface area contributed by atoms with Gasteiger partial charge in [0.1, 0.15) is 5.75 Å². The van der Waals surface area contributed by atoms with Crippen LogP contribution in [0.3, 0.4) is 0 Å². The van der Waals surface area contributed by atoms with Gasteiger partial charge < -0.3 is 10.1 Å². The molecule has 3 aromatic rings. The smallest absolute Gasteiger partial charge is 0.243 e. The van der Waals surface area contributed by atoms with Gasteiger partial charge in [0, 0.05) is 13.1 Å². The number of amides is 1. The SMILES string of the molecule is CCOc1ccc(S(=O)(=O)N2CCC[C@H](C(=O)NC(c3ccccc3)c3ccccc3)C2)cc1. The van der Waals surface area contributed by atoms with Gasteiger partial charge in [0.2, 0.25) is 15.9 Å². The first kappa shape index (κ1) is 24.0. The minimum absolute atomic E-state index is 0.135. The maximum Gasteiger partial charge on any atom is 0.243 e. The maximum absolute atomic E-state index is 13.3. The molecule has 6 nitrogen and oxygen atoms in total. The molecule has 0 bridgehead atoms. The summed E-state index contributed by atoms with van der Waals surface area (Å²) < 4.78 is 33.3. The Balaban J connectivity index is 1.50. The van der Waals surface area contributed by atoms with Crippen LogP contribution in [-0.4, -0.2) is 38.3 Å². The zero-order valence-corrected chi connectivity index (χ0v) is 20.1. The summed E-state index contributed by atoms with van der Waals surface area (Å²) >= 11 is 0. The van der Waals surface area contributed by atoms with E-state index in [1.54, 1.807) is 24.3 Å². The zero-order valence-electron chi connectivity index (χ0n) is 19.3. The van der Waals surface area contributed by atoms with Crippen molar-refractivity contribution in [2.24, 2.45) is 5.92 Å². The molecule has 1 fully saturated rings. The number of sulfonamides is 1. The molecule has 1 aliphatic rings. The average Bonchev–Trinajstić information content (AvgIpc) is 2.89. The number of hydrogen-bond acceptors (Lipinski definition) is 4. The summed E-state index contributed by atoms with van der Waals surface area (Å²) in [4.78, 5) is 13.5. The third-order valence-electron chi connectivity index (χ3n) is 6.08. The number of ether oxygens (including phenoxy) is 1. The lowest BCUT2D eigenvalue weighted by Gasteiger charge is -2.32. The minimum Gasteiger partial charge on any atom is -0.494 e. The van der Waals surface area contributed by atoms with E-state index in [0.717, 1.165) is 11.1 Å². The van der Waals surface area contributed by atoms with E-state index in [2.05, 4.69) is 5.32 Å². The molecule has 0 aromatic heterocycles. The summed E-state index contributed by atoms with van der Waals surface area (Å²) in [6.45, 7) is 2.96. The molecule has 1 amide bonds. The Bertz CT molecular complexity index is 1140. The Hall–Kier alpha value is -3.16. The van der Waals surface area contributed by atoms with Gasteiger partial charge in [-0.1, -0.05) is 60.7 Å². The van der Waals surface area contributed by atoms with Gasteiger partial charge in [-0.25, -0.2) is 8.42 Å². The van der Waals surface area contributed by atoms with E-state index >= 15 is 0 Å². The fourth-order valence-corrected chi connectivity index (χ4v) is 5.83. The number of benzene rings is 3. The lowest BCUT2D eigenvalue weighted by molar-refractivity contribution is -0.126. The highest BCUT2D eigenvalue weighted by molar-refractivity contribution is 7.89. The molecule has 0 radical (unpaired) electrons. The second-order valence-electron chi connectivity index (χ2n) is 8.37. The number of hydrogen-bond donors (Lipinski definition) is 1. The van der Waals surface area contributed by atoms with Crippen molar-refractivity contribution in [1.82, 2.24) is 9.62 Å². The van der Waals surface area contributed by atoms with Gasteiger partial charge in [0.05, 0.1) is 23.5 Å². The van der Waals surface area contributed by atoms with Gasteiger partial charge in [0.15, 0.2) is 0 Å². The van der Waals surface area contributed by atoms with E-state index < -0.39 is 15.9 Å². The zero-order chi connectivity index (χ0) is 24.0. The summed E-state index contributed by atoms with van der Waals surface area (Å²) in [5, 5.41) is 3.18. The predicted octanol–water partition coefficient (Wildman–Crippen LogP) is 4.39. The van der Waals surface area contributed by atoms with Crippen molar-refractivity contribution in [3.8, 4) is 5.75 Å². The van der Waals surface area contributed by atoms with Crippen molar-refractivity contribution in [3.05, 3.63) is 96.1 Å². The summed E-state index contributed by atoms with van der Waals surface area (Å²) in [5.41, 5.74) is 1.97. The van der Waals surface area contributed by atoms with Crippen LogP contribution in [0.4, 0.5) is 0 Å². The average molecular weight is 479 g/mol. The lowest BCUT2D eigenvalue weighted by atomic mass is 9.95. The van der Waals surface area contributed by atoms with E-state index in [-0.39, 0.29) is 23.4 Å². The first-order valence-electron chi connectivity index (χ1n) is 11.6. The number of piperidine rings is 1. The first-order valence-corrected chi connectivity index (χ1v) is 13.1. The number of carbonyl (C=O) groups excluding carboxylic acids is 1. The summed E-state index contributed by atoms with van der Waals surface area (Å²) in [6.07, 6.45) is 1.28. The normalized spacial score (nSPS) is 16.8. The lowest BCUT2D eigenvalue weighted by Crippen LogP contribution is -2.46. The van der Waals surface area contributed by atoms with Gasteiger partial charge in [-0.2, -0.15) is 4.31 Å². The van der Waals surface area contributed by atoms with E-state index in [0.29, 0.717) is 31.7 Å². The van der Waals surface area contributed by atoms with Gasteiger partial charge >= 0.3 is 0 Å². The molecule has 0 aliphatic carbocycles. The van der Waals surface area contributed by atoms with Crippen molar-refractivity contribution < 1.29 is 17.9 Å². The minimum atomic E-state index is -3.70. The molecule has 34 heavy (non-hydrogen) atoms. The third kappa shape index (κ3) is 5.48. The topological polar surface area (TPSA) is 75.7 Å². The Morgan fingerprint density at radius 2 is 1.56 bits per heavy atom. The molecule has 1 N–H and O–H groups in total. The van der Waals surface area contributed by atoms with Crippen molar-refractivity contribution in [2.75, 3.05) is 19.7 Å². The van der Waals surface area contributed by atoms with Crippen LogP contribution in [0.5, 0.6) is 5.75 Å². The quantitative estimate of drug-likeness (QED) is 0.521. The third-order valence-corrected chi connectivity index (χ3v) is 7.96. The Morgan fingerprint density at radius 1 is 0.971 bits per heavy atom. The predicted molar refractivity (Wildman–Crippen MR) is 132 cm³/mol. The summed E-state index contributed by atoms with van der Waals surface area (Å²) in [7, 11) is -3.70. The second-order valence-corrected chi connectivity index (χ2v) is 10.3. The van der Waals surface area contributed by atoms with Crippen LogP contribution >= 0.6 is 0 Å². The molecule has 1 heterocycles. The Morgan fingerprint density at radius 3 is 2.12 bits per heavy atom. The largest absolute Gasteiger partial charge is 0.494 e. The van der Waals surface area contributed by atoms with E-state index in [1.807, 2.05) is 67.6 Å². The highest BCUT2D eigenvalue weighted by atomic mass is 32.2. The molecular formula is C27H30N2O4S. The van der Waals surface area contributed by atoms with Crippen LogP contribution in [0.1, 0.15) is 36.9 Å². The van der Waals surface area contributed by atoms with Crippen molar-refractivity contribution in [3.63, 3.8) is 0 Å². The molecule has 178 valence electrons. The van der Waals surface area contributed by atoms with Crippen LogP contribution in [0.2, 0.25) is 0 Å². The van der Waals surface area contributed by atoms with Crippen LogP contribution in [-0.2, 0) is 14.8 Å². The number of carbonyl (C=O) groups is 1. The molecular weight excluding hydrogens is 448 g/mol. The summed E-state index contributed by atoms with van der Waals surface area (Å²) in [5.74, 6) is 0.0793. The van der Waals surface area contributed by atoms with Crippen molar-refractivity contribution in [1.29, 1.82) is 0 Å². The Labute approximate surface area is 201 Å². The molecule has 0 unspecified atom stereocenters. The highest BCUT2D eigenvalue weighted by Gasteiger charge is 2.34. The van der Waals surface area contributed by atoms with Crippen molar-refractivity contribution >= 4 is 15.9 Å². The van der Waals surface area contributed by atoms with Crippen LogP contribution in [0.25, 0.3) is 0 Å². The number of nitrogens with zero attached hydrogens (tertiary/aromatic N) is 1. The fraction of sp³-hybridized carbons (Fsp3) is 0.296. The van der Waals surface area contributed by atoms with Crippen LogP contribution in [0.15, 0.2) is 89.8 Å². The molecule has 3 aromatic carbocycles. The standard InChI is InChI=1S/C27H30N2O4S/c1-2-33-24-15-17-25(18-16-24)34(31,32)29-19-9-14-23(20-29)27(30)28-26(21-10-5-3-6-11-21)22-12-7-4-8-13-22/h3-8,10-13,15-18,23,26H,2,9,14,19-20H2,1H3,(H,28,30)/t23-/m0/s1. The molecule has 0 spiro atoms. The number of nitrogens with one attached hydrogen (secondary N) is 1. The van der Waals surface area contributed by atoms with Crippen LogP contribution in [0, 0.1) is 5.92 Å². The molecule has 1 atom stereocenters. The van der Waals surface area contributed by atoms with E-state index in [9.17, 15) is 13.2 Å². The highest BCUT2D eigenvalue weighted by Crippen LogP contribution is 2.27. The molecule has 1 aliphatic heterocycles. The maximum atomic E-state index is 13.3. The Kier molecular flexibility index (Phi) is 7.65. The van der Waals surface area contributed by atoms with Gasteiger partial charge in [-0.05, 0) is 55.2 Å². The van der Waals surface area contributed by atoms with Gasteiger partial charge in [0.25, 0.3) is 0 Å². The summed E-state index contributed by atoms with van der Waals surface area (Å²) in [6, 6.07) is 25.8. The number of rotatable bonds is 8. The van der Waals surface area contributed by atoms with E-state index in [1.165, 1.54) is 4.31 Å². The molecule has 1 saturated heterocycles. The first-order chi connectivity index (χ1) is 16.5. The molecule has 4 rings (SSSR count). The van der Waals surface area contributed by atoms with Crippen LogP contribution < -0.4 is 10.1 Å². The van der Waals surface area contributed by atoms with Crippen molar-refractivity contribution in [2.45, 2.75) is 30.7 Å².